The van der Waals surface area contributed by atoms with Crippen molar-refractivity contribution in [1.82, 2.24) is 5.32 Å². The minimum absolute atomic E-state index is 0.00416. The summed E-state index contributed by atoms with van der Waals surface area (Å²) in [6, 6.07) is 10.6. The van der Waals surface area contributed by atoms with Crippen molar-refractivity contribution < 1.29 is 9.53 Å². The standard InChI is InChI=1S/C17H27NO2/c1-6-20-16(19)12-15(17(3,4)5)18-13(2)14-10-8-7-9-11-14/h7-11,13,15,18H,6,12H2,1-5H3/t13-,15+/m1/s1. The molecule has 0 saturated carbocycles. The second-order valence-corrected chi connectivity index (χ2v) is 6.23. The fourth-order valence-electron chi connectivity index (χ4n) is 2.14. The van der Waals surface area contributed by atoms with Crippen LogP contribution in [0.15, 0.2) is 30.3 Å². The maximum atomic E-state index is 11.8. The highest BCUT2D eigenvalue weighted by atomic mass is 16.5. The maximum Gasteiger partial charge on any atom is 0.307 e. The molecule has 1 aromatic carbocycles. The van der Waals surface area contributed by atoms with Gasteiger partial charge < -0.3 is 10.1 Å². The molecule has 0 aliphatic rings. The highest BCUT2D eigenvalue weighted by Gasteiger charge is 2.28. The smallest absolute Gasteiger partial charge is 0.307 e. The Morgan fingerprint density at radius 1 is 1.25 bits per heavy atom. The molecule has 112 valence electrons. The number of hydrogen-bond acceptors (Lipinski definition) is 3. The molecule has 0 aromatic heterocycles. The lowest BCUT2D eigenvalue weighted by Crippen LogP contribution is -2.43. The summed E-state index contributed by atoms with van der Waals surface area (Å²) in [6.07, 6.45) is 0.397. The number of hydrogen-bond donors (Lipinski definition) is 1. The van der Waals surface area contributed by atoms with E-state index < -0.39 is 0 Å². The number of carbonyl (C=O) groups excluding carboxylic acids is 1. The Balaban J connectivity index is 2.73. The Morgan fingerprint density at radius 2 is 1.85 bits per heavy atom. The van der Waals surface area contributed by atoms with Gasteiger partial charge in [0.25, 0.3) is 0 Å². The van der Waals surface area contributed by atoms with E-state index in [1.54, 1.807) is 0 Å². The normalized spacial score (nSPS) is 14.7. The molecular formula is C17H27NO2. The average Bonchev–Trinajstić information content (AvgIpc) is 2.38. The van der Waals surface area contributed by atoms with Gasteiger partial charge in [-0.05, 0) is 24.8 Å². The lowest BCUT2D eigenvalue weighted by molar-refractivity contribution is -0.144. The first kappa shape index (κ1) is 16.7. The van der Waals surface area contributed by atoms with Crippen LogP contribution in [-0.2, 0) is 9.53 Å². The summed E-state index contributed by atoms with van der Waals surface area (Å²) in [6.45, 7) is 10.8. The van der Waals surface area contributed by atoms with Crippen molar-refractivity contribution >= 4 is 5.97 Å². The number of ether oxygens (including phenoxy) is 1. The van der Waals surface area contributed by atoms with Crippen LogP contribution in [0, 0.1) is 5.41 Å². The van der Waals surface area contributed by atoms with Crippen LogP contribution in [0.25, 0.3) is 0 Å². The Kier molecular flexibility index (Phi) is 6.21. The molecule has 0 radical (unpaired) electrons. The Labute approximate surface area is 122 Å². The molecule has 1 rings (SSSR count). The minimum Gasteiger partial charge on any atom is -0.466 e. The topological polar surface area (TPSA) is 38.3 Å². The lowest BCUT2D eigenvalue weighted by Gasteiger charge is -2.33. The molecule has 1 aromatic rings. The molecular weight excluding hydrogens is 250 g/mol. The highest BCUT2D eigenvalue weighted by molar-refractivity contribution is 5.70. The van der Waals surface area contributed by atoms with Crippen LogP contribution in [0.1, 0.15) is 52.6 Å². The first-order valence-electron chi connectivity index (χ1n) is 7.31. The lowest BCUT2D eigenvalue weighted by atomic mass is 9.84. The Bertz CT molecular complexity index is 409. The number of carbonyl (C=O) groups is 1. The van der Waals surface area contributed by atoms with Gasteiger partial charge in [-0.2, -0.15) is 0 Å². The van der Waals surface area contributed by atoms with E-state index in [-0.39, 0.29) is 23.5 Å². The highest BCUT2D eigenvalue weighted by Crippen LogP contribution is 2.25. The molecule has 3 heteroatoms. The van der Waals surface area contributed by atoms with E-state index in [4.69, 9.17) is 4.74 Å². The van der Waals surface area contributed by atoms with Crippen LogP contribution < -0.4 is 5.32 Å². The van der Waals surface area contributed by atoms with Gasteiger partial charge in [-0.1, -0.05) is 51.1 Å². The Hall–Kier alpha value is -1.35. The van der Waals surface area contributed by atoms with Crippen LogP contribution in [0.2, 0.25) is 0 Å². The van der Waals surface area contributed by atoms with Crippen molar-refractivity contribution in [3.05, 3.63) is 35.9 Å². The zero-order valence-electron chi connectivity index (χ0n) is 13.3. The molecule has 0 bridgehead atoms. The number of esters is 1. The van der Waals surface area contributed by atoms with Gasteiger partial charge in [0.2, 0.25) is 0 Å². The van der Waals surface area contributed by atoms with Crippen molar-refractivity contribution in [3.63, 3.8) is 0 Å². The molecule has 3 nitrogen and oxygen atoms in total. The monoisotopic (exact) mass is 277 g/mol. The number of rotatable bonds is 6. The van der Waals surface area contributed by atoms with E-state index >= 15 is 0 Å². The third kappa shape index (κ3) is 5.33. The van der Waals surface area contributed by atoms with Crippen LogP contribution in [-0.4, -0.2) is 18.6 Å². The SMILES string of the molecule is CCOC(=O)C[C@H](N[C@H](C)c1ccccc1)C(C)(C)C. The van der Waals surface area contributed by atoms with Gasteiger partial charge in [0.05, 0.1) is 13.0 Å². The van der Waals surface area contributed by atoms with Crippen molar-refractivity contribution in [1.29, 1.82) is 0 Å². The molecule has 0 fully saturated rings. The van der Waals surface area contributed by atoms with E-state index in [1.165, 1.54) is 5.56 Å². The fraction of sp³-hybridized carbons (Fsp3) is 0.588. The average molecular weight is 277 g/mol. The van der Waals surface area contributed by atoms with E-state index in [1.807, 2.05) is 25.1 Å². The Morgan fingerprint density at radius 3 is 2.35 bits per heavy atom. The number of nitrogens with one attached hydrogen (secondary N) is 1. The van der Waals surface area contributed by atoms with Gasteiger partial charge in [0, 0.05) is 12.1 Å². The zero-order chi connectivity index (χ0) is 15.2. The number of benzene rings is 1. The molecule has 0 unspecified atom stereocenters. The van der Waals surface area contributed by atoms with E-state index in [0.29, 0.717) is 13.0 Å². The summed E-state index contributed by atoms with van der Waals surface area (Å²) in [4.78, 5) is 11.8. The molecule has 0 spiro atoms. The zero-order valence-corrected chi connectivity index (χ0v) is 13.3. The van der Waals surface area contributed by atoms with E-state index in [9.17, 15) is 4.79 Å². The van der Waals surface area contributed by atoms with Crippen molar-refractivity contribution in [2.45, 2.75) is 53.1 Å². The summed E-state index contributed by atoms with van der Waals surface area (Å²) in [5.41, 5.74) is 1.22. The van der Waals surface area contributed by atoms with E-state index in [0.717, 1.165) is 0 Å². The summed E-state index contributed by atoms with van der Waals surface area (Å²) >= 11 is 0. The third-order valence-electron chi connectivity index (χ3n) is 3.47. The van der Waals surface area contributed by atoms with Gasteiger partial charge >= 0.3 is 5.97 Å². The van der Waals surface area contributed by atoms with Gasteiger partial charge in [-0.15, -0.1) is 0 Å². The largest absolute Gasteiger partial charge is 0.466 e. The van der Waals surface area contributed by atoms with Crippen LogP contribution in [0.5, 0.6) is 0 Å². The van der Waals surface area contributed by atoms with Crippen molar-refractivity contribution in [2.24, 2.45) is 5.41 Å². The summed E-state index contributed by atoms with van der Waals surface area (Å²) in [5.74, 6) is -0.139. The van der Waals surface area contributed by atoms with Gasteiger partial charge in [0.15, 0.2) is 0 Å². The summed E-state index contributed by atoms with van der Waals surface area (Å²) in [5, 5.41) is 3.56. The predicted octanol–water partition coefficient (Wildman–Crippen LogP) is 3.71. The first-order valence-corrected chi connectivity index (χ1v) is 7.31. The van der Waals surface area contributed by atoms with Gasteiger partial charge in [-0.25, -0.2) is 0 Å². The van der Waals surface area contributed by atoms with Crippen molar-refractivity contribution in [3.8, 4) is 0 Å². The second-order valence-electron chi connectivity index (χ2n) is 6.23. The second kappa shape index (κ2) is 7.44. The molecule has 20 heavy (non-hydrogen) atoms. The third-order valence-corrected chi connectivity index (χ3v) is 3.47. The maximum absolute atomic E-state index is 11.8. The van der Waals surface area contributed by atoms with Crippen LogP contribution in [0.4, 0.5) is 0 Å². The first-order chi connectivity index (χ1) is 9.34. The molecule has 2 atom stereocenters. The van der Waals surface area contributed by atoms with E-state index in [2.05, 4.69) is 45.1 Å². The van der Waals surface area contributed by atoms with Crippen LogP contribution >= 0.6 is 0 Å². The van der Waals surface area contributed by atoms with Gasteiger partial charge in [0.1, 0.15) is 0 Å². The fourth-order valence-corrected chi connectivity index (χ4v) is 2.14. The van der Waals surface area contributed by atoms with Gasteiger partial charge in [-0.3, -0.25) is 4.79 Å². The molecule has 0 heterocycles. The summed E-state index contributed by atoms with van der Waals surface area (Å²) < 4.78 is 5.08. The molecule has 0 aliphatic carbocycles. The summed E-state index contributed by atoms with van der Waals surface area (Å²) in [7, 11) is 0. The molecule has 1 N–H and O–H groups in total. The molecule has 0 amide bonds. The predicted molar refractivity (Wildman–Crippen MR) is 82.5 cm³/mol. The quantitative estimate of drug-likeness (QED) is 0.806. The minimum atomic E-state index is -0.139. The molecule has 0 saturated heterocycles. The molecule has 0 aliphatic heterocycles. The van der Waals surface area contributed by atoms with Crippen molar-refractivity contribution in [2.75, 3.05) is 6.61 Å². The van der Waals surface area contributed by atoms with Crippen LogP contribution in [0.3, 0.4) is 0 Å².